The predicted molar refractivity (Wildman–Crippen MR) is 131 cm³/mol. The molecule has 11 heteroatoms. The molecular formula is C24H30N4O6S. The van der Waals surface area contributed by atoms with Crippen LogP contribution in [-0.2, 0) is 19.6 Å². The standard InChI is InChI=1S/C15H13N3O4S.C9H17NO2/c1-18-13(15(20)17-12-8-4-5-9-16-12)14(19)10-6-2-3-7-11(10)23(18,21)22;10-7-9(6-8(11)12)4-2-1-3-5-9/h2-9,19H,1H3,(H,16,17,20);1-7,10H2,(H,11,12). The minimum atomic E-state index is -3.91. The van der Waals surface area contributed by atoms with E-state index >= 15 is 0 Å². The molecule has 1 amide bonds. The number of benzene rings is 1. The average molecular weight is 503 g/mol. The number of carbonyl (C=O) groups excluding carboxylic acids is 1. The number of hydrogen-bond donors (Lipinski definition) is 4. The van der Waals surface area contributed by atoms with Crippen LogP contribution in [0, 0.1) is 5.41 Å². The normalized spacial score (nSPS) is 18.1. The Hall–Kier alpha value is -3.44. The van der Waals surface area contributed by atoms with E-state index in [0.29, 0.717) is 6.54 Å². The Labute approximate surface area is 204 Å². The fraction of sp³-hybridized carbons (Fsp3) is 0.375. The van der Waals surface area contributed by atoms with Crippen LogP contribution < -0.4 is 11.1 Å². The number of carboxylic acids is 1. The Kier molecular flexibility index (Phi) is 8.13. The molecule has 0 bridgehead atoms. The maximum Gasteiger partial charge on any atom is 0.303 e. The van der Waals surface area contributed by atoms with Gasteiger partial charge in [0.05, 0.1) is 11.3 Å². The molecule has 1 aromatic heterocycles. The molecule has 1 fully saturated rings. The van der Waals surface area contributed by atoms with Crippen LogP contribution in [0.3, 0.4) is 0 Å². The first-order valence-electron chi connectivity index (χ1n) is 11.3. The number of rotatable bonds is 5. The van der Waals surface area contributed by atoms with Crippen molar-refractivity contribution in [3.8, 4) is 0 Å². The molecule has 0 unspecified atom stereocenters. The summed E-state index contributed by atoms with van der Waals surface area (Å²) in [7, 11) is -2.69. The number of aliphatic hydroxyl groups is 1. The molecule has 2 aromatic rings. The number of sulfonamides is 1. The molecule has 0 radical (unpaired) electrons. The molecule has 0 spiro atoms. The number of likely N-dealkylation sites (N-methyl/N-ethyl adjacent to an activating group) is 1. The lowest BCUT2D eigenvalue weighted by Crippen LogP contribution is -2.37. The number of amides is 1. The van der Waals surface area contributed by atoms with Gasteiger partial charge >= 0.3 is 5.97 Å². The second-order valence-corrected chi connectivity index (χ2v) is 10.6. The summed E-state index contributed by atoms with van der Waals surface area (Å²) >= 11 is 0. The van der Waals surface area contributed by atoms with Gasteiger partial charge in [-0.05, 0) is 49.1 Å². The number of pyridine rings is 1. The zero-order valence-corrected chi connectivity index (χ0v) is 20.3. The van der Waals surface area contributed by atoms with Crippen molar-refractivity contribution in [1.29, 1.82) is 0 Å². The van der Waals surface area contributed by atoms with Gasteiger partial charge in [-0.1, -0.05) is 37.5 Å². The van der Waals surface area contributed by atoms with Crippen molar-refractivity contribution in [1.82, 2.24) is 9.29 Å². The van der Waals surface area contributed by atoms with E-state index in [0.717, 1.165) is 30.0 Å². The van der Waals surface area contributed by atoms with Gasteiger partial charge in [0.2, 0.25) is 0 Å². The first-order valence-corrected chi connectivity index (χ1v) is 12.7. The Bertz CT molecular complexity index is 1210. The second-order valence-electron chi connectivity index (χ2n) is 8.67. The maximum absolute atomic E-state index is 12.5. The number of carboxylic acid groups (broad SMARTS) is 1. The van der Waals surface area contributed by atoms with Crippen LogP contribution in [0.15, 0.2) is 59.3 Å². The van der Waals surface area contributed by atoms with Crippen molar-refractivity contribution in [3.63, 3.8) is 0 Å². The van der Waals surface area contributed by atoms with Crippen LogP contribution in [0.25, 0.3) is 5.76 Å². The van der Waals surface area contributed by atoms with Gasteiger partial charge in [0.15, 0.2) is 11.5 Å². The van der Waals surface area contributed by atoms with Crippen molar-refractivity contribution in [3.05, 3.63) is 59.9 Å². The van der Waals surface area contributed by atoms with Gasteiger partial charge in [-0.3, -0.25) is 13.9 Å². The third-order valence-corrected chi connectivity index (χ3v) is 8.13. The molecule has 2 heterocycles. The number of nitrogens with zero attached hydrogens (tertiary/aromatic N) is 2. The molecule has 1 aromatic carbocycles. The van der Waals surface area contributed by atoms with E-state index in [-0.39, 0.29) is 33.8 Å². The number of aromatic nitrogens is 1. The largest absolute Gasteiger partial charge is 0.505 e. The molecular weight excluding hydrogens is 472 g/mol. The van der Waals surface area contributed by atoms with Crippen molar-refractivity contribution >= 4 is 33.5 Å². The van der Waals surface area contributed by atoms with Gasteiger partial charge in [0.25, 0.3) is 15.9 Å². The molecule has 2 aliphatic rings. The second kappa shape index (κ2) is 10.9. The fourth-order valence-electron chi connectivity index (χ4n) is 4.37. The third kappa shape index (κ3) is 5.80. The first-order chi connectivity index (χ1) is 16.6. The number of nitrogens with two attached hydrogens (primary N) is 1. The summed E-state index contributed by atoms with van der Waals surface area (Å²) in [5, 5.41) is 21.5. The summed E-state index contributed by atoms with van der Waals surface area (Å²) in [5.41, 5.74) is 5.29. The van der Waals surface area contributed by atoms with Gasteiger partial charge in [0, 0.05) is 18.8 Å². The zero-order chi connectivity index (χ0) is 25.6. The number of aliphatic hydroxyl groups excluding tert-OH is 1. The van der Waals surface area contributed by atoms with E-state index in [1.165, 1.54) is 31.8 Å². The molecule has 35 heavy (non-hydrogen) atoms. The summed E-state index contributed by atoms with van der Waals surface area (Å²) in [4.78, 5) is 26.9. The molecule has 188 valence electrons. The van der Waals surface area contributed by atoms with Crippen LogP contribution >= 0.6 is 0 Å². The molecule has 1 aliphatic heterocycles. The summed E-state index contributed by atoms with van der Waals surface area (Å²) in [6.45, 7) is 0.527. The lowest BCUT2D eigenvalue weighted by Gasteiger charge is -2.34. The number of aliphatic carboxylic acids is 1. The molecule has 1 aliphatic carbocycles. The number of hydrogen-bond acceptors (Lipinski definition) is 7. The van der Waals surface area contributed by atoms with E-state index in [2.05, 4.69) is 10.3 Å². The predicted octanol–water partition coefficient (Wildman–Crippen LogP) is 2.95. The lowest BCUT2D eigenvalue weighted by molar-refractivity contribution is -0.140. The molecule has 10 nitrogen and oxygen atoms in total. The van der Waals surface area contributed by atoms with Crippen LogP contribution in [0.2, 0.25) is 0 Å². The van der Waals surface area contributed by atoms with E-state index in [1.807, 2.05) is 0 Å². The Morgan fingerprint density at radius 1 is 1.11 bits per heavy atom. The van der Waals surface area contributed by atoms with Gasteiger partial charge in [0.1, 0.15) is 5.82 Å². The molecule has 1 saturated carbocycles. The van der Waals surface area contributed by atoms with Crippen molar-refractivity contribution in [2.24, 2.45) is 11.1 Å². The molecule has 4 rings (SSSR count). The van der Waals surface area contributed by atoms with Crippen molar-refractivity contribution < 1.29 is 28.2 Å². The smallest absolute Gasteiger partial charge is 0.303 e. The number of nitrogens with one attached hydrogen (secondary N) is 1. The Balaban J connectivity index is 0.000000241. The number of carbonyl (C=O) groups is 2. The topological polar surface area (TPSA) is 163 Å². The molecule has 0 atom stereocenters. The van der Waals surface area contributed by atoms with E-state index < -0.39 is 27.7 Å². The van der Waals surface area contributed by atoms with Crippen LogP contribution in [0.5, 0.6) is 0 Å². The van der Waals surface area contributed by atoms with Gasteiger partial charge in [-0.15, -0.1) is 0 Å². The van der Waals surface area contributed by atoms with Gasteiger partial charge in [-0.25, -0.2) is 13.4 Å². The van der Waals surface area contributed by atoms with E-state index in [1.54, 1.807) is 30.3 Å². The van der Waals surface area contributed by atoms with Crippen LogP contribution in [0.4, 0.5) is 5.82 Å². The van der Waals surface area contributed by atoms with Crippen molar-refractivity contribution in [2.75, 3.05) is 18.9 Å². The van der Waals surface area contributed by atoms with Gasteiger partial charge < -0.3 is 21.3 Å². The summed E-state index contributed by atoms with van der Waals surface area (Å²) in [6, 6.07) is 10.9. The molecule has 5 N–H and O–H groups in total. The molecule has 0 saturated heterocycles. The maximum atomic E-state index is 12.5. The summed E-state index contributed by atoms with van der Waals surface area (Å²) < 4.78 is 25.8. The van der Waals surface area contributed by atoms with Gasteiger partial charge in [-0.2, -0.15) is 0 Å². The fourth-order valence-corrected chi connectivity index (χ4v) is 5.77. The third-order valence-electron chi connectivity index (χ3n) is 6.31. The van der Waals surface area contributed by atoms with Crippen LogP contribution in [-0.4, -0.2) is 53.4 Å². The minimum Gasteiger partial charge on any atom is -0.505 e. The average Bonchev–Trinajstić information content (AvgIpc) is 2.84. The lowest BCUT2D eigenvalue weighted by atomic mass is 9.72. The Morgan fingerprint density at radius 2 is 1.77 bits per heavy atom. The van der Waals surface area contributed by atoms with Crippen molar-refractivity contribution in [2.45, 2.75) is 43.4 Å². The first kappa shape index (κ1) is 26.2. The van der Waals surface area contributed by atoms with E-state index in [9.17, 15) is 23.1 Å². The summed E-state index contributed by atoms with van der Waals surface area (Å²) in [5.74, 6) is -1.61. The minimum absolute atomic E-state index is 0.0469. The SMILES string of the molecule is CN1C(C(=O)Nc2ccccn2)=C(O)c2ccccc2S1(=O)=O.NCC1(CC(=O)O)CCCCC1. The summed E-state index contributed by atoms with van der Waals surface area (Å²) in [6.07, 6.45) is 7.26. The van der Waals surface area contributed by atoms with Crippen LogP contribution in [0.1, 0.15) is 44.1 Å². The highest BCUT2D eigenvalue weighted by molar-refractivity contribution is 7.89. The van der Waals surface area contributed by atoms with E-state index in [4.69, 9.17) is 10.8 Å². The zero-order valence-electron chi connectivity index (χ0n) is 19.5. The highest BCUT2D eigenvalue weighted by Crippen LogP contribution is 2.38. The number of anilines is 1. The number of fused-ring (bicyclic) bond motifs is 1. The quantitative estimate of drug-likeness (QED) is 0.485. The highest BCUT2D eigenvalue weighted by Gasteiger charge is 2.37. The highest BCUT2D eigenvalue weighted by atomic mass is 32.2. The Morgan fingerprint density at radius 3 is 2.37 bits per heavy atom. The monoisotopic (exact) mass is 502 g/mol.